The van der Waals surface area contributed by atoms with Gasteiger partial charge in [0, 0.05) is 17.5 Å². The molecule has 0 radical (unpaired) electrons. The van der Waals surface area contributed by atoms with Gasteiger partial charge in [-0.05, 0) is 39.5 Å². The van der Waals surface area contributed by atoms with E-state index >= 15 is 0 Å². The van der Waals surface area contributed by atoms with Crippen LogP contribution in [0.5, 0.6) is 0 Å². The lowest BCUT2D eigenvalue weighted by atomic mass is 10.1. The van der Waals surface area contributed by atoms with Crippen molar-refractivity contribution in [1.82, 2.24) is 0 Å². The number of benzene rings is 1. The van der Waals surface area contributed by atoms with E-state index in [9.17, 15) is 4.39 Å². The predicted molar refractivity (Wildman–Crippen MR) is 81.5 cm³/mol. The third-order valence-corrected chi connectivity index (χ3v) is 4.37. The molecule has 0 aliphatic carbocycles. The Bertz CT molecular complexity index is 598. The van der Waals surface area contributed by atoms with Crippen molar-refractivity contribution in [2.75, 3.05) is 11.9 Å². The van der Waals surface area contributed by atoms with E-state index in [1.54, 1.807) is 23.5 Å². The Labute approximate surface area is 123 Å². The number of hydrogen-bond acceptors (Lipinski definition) is 3. The minimum absolute atomic E-state index is 0.154. The molecule has 19 heavy (non-hydrogen) atoms. The van der Waals surface area contributed by atoms with Crippen molar-refractivity contribution in [3.8, 4) is 0 Å². The fraction of sp³-hybridized carbons (Fsp3) is 0.154. The fourth-order valence-corrected chi connectivity index (χ4v) is 3.07. The molecule has 0 bridgehead atoms. The first kappa shape index (κ1) is 14.0. The standard InChI is InChI=1S/C13H13BrFN3S/c1-18(7-8-3-2-6-19-8)10-5-4-9(13(16)17)11(14)12(10)15/h2-6H,7H2,1H3,(H3,16,17). The average Bonchev–Trinajstić information content (AvgIpc) is 2.84. The molecule has 0 unspecified atom stereocenters. The molecule has 0 saturated carbocycles. The number of anilines is 1. The van der Waals surface area contributed by atoms with Crippen LogP contribution in [0.4, 0.5) is 10.1 Å². The van der Waals surface area contributed by atoms with Crippen molar-refractivity contribution in [3.05, 3.63) is 50.4 Å². The Morgan fingerprint density at radius 3 is 2.79 bits per heavy atom. The third-order valence-electron chi connectivity index (χ3n) is 2.74. The molecule has 1 heterocycles. The van der Waals surface area contributed by atoms with E-state index in [1.807, 2.05) is 29.5 Å². The second-order valence-corrected chi connectivity index (χ2v) is 5.93. The molecular formula is C13H13BrFN3S. The number of rotatable bonds is 4. The Hall–Kier alpha value is -1.40. The summed E-state index contributed by atoms with van der Waals surface area (Å²) in [6.45, 7) is 0.639. The highest BCUT2D eigenvalue weighted by atomic mass is 79.9. The van der Waals surface area contributed by atoms with Gasteiger partial charge in [-0.1, -0.05) is 6.07 Å². The van der Waals surface area contributed by atoms with Crippen molar-refractivity contribution < 1.29 is 4.39 Å². The van der Waals surface area contributed by atoms with Crippen LogP contribution in [0.3, 0.4) is 0 Å². The molecule has 0 spiro atoms. The number of nitrogen functional groups attached to an aromatic ring is 1. The Balaban J connectivity index is 2.30. The fourth-order valence-electron chi connectivity index (χ4n) is 1.76. The van der Waals surface area contributed by atoms with Crippen LogP contribution in [-0.2, 0) is 6.54 Å². The summed E-state index contributed by atoms with van der Waals surface area (Å²) in [6.07, 6.45) is 0. The highest BCUT2D eigenvalue weighted by molar-refractivity contribution is 9.10. The molecule has 0 saturated heterocycles. The number of nitrogens with two attached hydrogens (primary N) is 1. The summed E-state index contributed by atoms with van der Waals surface area (Å²) in [5, 5.41) is 9.37. The van der Waals surface area contributed by atoms with Gasteiger partial charge in [0.1, 0.15) is 5.84 Å². The van der Waals surface area contributed by atoms with Gasteiger partial charge >= 0.3 is 0 Å². The Morgan fingerprint density at radius 2 is 2.21 bits per heavy atom. The summed E-state index contributed by atoms with van der Waals surface area (Å²) in [4.78, 5) is 2.99. The number of nitrogens with zero attached hydrogens (tertiary/aromatic N) is 1. The summed E-state index contributed by atoms with van der Waals surface area (Å²) in [6, 6.07) is 7.28. The summed E-state index contributed by atoms with van der Waals surface area (Å²) in [5.74, 6) is -0.551. The molecule has 3 N–H and O–H groups in total. The molecule has 1 aromatic heterocycles. The normalized spacial score (nSPS) is 10.5. The average molecular weight is 342 g/mol. The zero-order valence-electron chi connectivity index (χ0n) is 10.3. The lowest BCUT2D eigenvalue weighted by Crippen LogP contribution is -2.19. The van der Waals surface area contributed by atoms with Crippen molar-refractivity contribution in [3.63, 3.8) is 0 Å². The van der Waals surface area contributed by atoms with Crippen LogP contribution in [0.25, 0.3) is 0 Å². The minimum Gasteiger partial charge on any atom is -0.384 e. The van der Waals surface area contributed by atoms with Gasteiger partial charge in [-0.15, -0.1) is 11.3 Å². The summed E-state index contributed by atoms with van der Waals surface area (Å²) in [5.41, 5.74) is 6.24. The number of thiophene rings is 1. The second kappa shape index (κ2) is 5.71. The van der Waals surface area contributed by atoms with Crippen molar-refractivity contribution in [2.24, 2.45) is 5.73 Å². The highest BCUT2D eigenvalue weighted by Gasteiger charge is 2.15. The maximum atomic E-state index is 14.3. The van der Waals surface area contributed by atoms with E-state index < -0.39 is 5.82 Å². The maximum absolute atomic E-state index is 14.3. The van der Waals surface area contributed by atoms with E-state index in [2.05, 4.69) is 15.9 Å². The molecule has 0 atom stereocenters. The maximum Gasteiger partial charge on any atom is 0.161 e. The monoisotopic (exact) mass is 341 g/mol. The lowest BCUT2D eigenvalue weighted by Gasteiger charge is -2.20. The van der Waals surface area contributed by atoms with Crippen LogP contribution < -0.4 is 10.6 Å². The molecule has 1 aromatic carbocycles. The van der Waals surface area contributed by atoms with Crippen LogP contribution in [0.1, 0.15) is 10.4 Å². The molecule has 100 valence electrons. The molecule has 2 aromatic rings. The van der Waals surface area contributed by atoms with Gasteiger partial charge in [0.25, 0.3) is 0 Å². The molecular weight excluding hydrogens is 329 g/mol. The second-order valence-electron chi connectivity index (χ2n) is 4.11. The summed E-state index contributed by atoms with van der Waals surface area (Å²) in [7, 11) is 1.83. The summed E-state index contributed by atoms with van der Waals surface area (Å²) >= 11 is 4.79. The van der Waals surface area contributed by atoms with Gasteiger partial charge in [-0.25, -0.2) is 4.39 Å². The molecule has 2 rings (SSSR count). The van der Waals surface area contributed by atoms with Crippen molar-refractivity contribution in [2.45, 2.75) is 6.54 Å². The van der Waals surface area contributed by atoms with Crippen LogP contribution in [-0.4, -0.2) is 12.9 Å². The quantitative estimate of drug-likeness (QED) is 0.659. The third kappa shape index (κ3) is 2.96. The SMILES string of the molecule is CN(Cc1cccs1)c1ccc(C(=N)N)c(Br)c1F. The number of halogens is 2. The molecule has 0 aliphatic rings. The molecule has 6 heteroatoms. The smallest absolute Gasteiger partial charge is 0.161 e. The van der Waals surface area contributed by atoms with Gasteiger partial charge in [0.15, 0.2) is 5.82 Å². The Kier molecular flexibility index (Phi) is 4.21. The minimum atomic E-state index is -0.397. The van der Waals surface area contributed by atoms with E-state index in [-0.39, 0.29) is 10.3 Å². The van der Waals surface area contributed by atoms with Crippen LogP contribution >= 0.6 is 27.3 Å². The first-order chi connectivity index (χ1) is 9.00. The molecule has 3 nitrogen and oxygen atoms in total. The molecule has 0 aliphatic heterocycles. The van der Waals surface area contributed by atoms with E-state index in [4.69, 9.17) is 11.1 Å². The van der Waals surface area contributed by atoms with Gasteiger partial charge in [-0.2, -0.15) is 0 Å². The van der Waals surface area contributed by atoms with Gasteiger partial charge in [0.2, 0.25) is 0 Å². The lowest BCUT2D eigenvalue weighted by molar-refractivity contribution is 0.615. The largest absolute Gasteiger partial charge is 0.384 e. The number of nitrogens with one attached hydrogen (secondary N) is 1. The Morgan fingerprint density at radius 1 is 1.47 bits per heavy atom. The van der Waals surface area contributed by atoms with E-state index in [1.165, 1.54) is 0 Å². The predicted octanol–water partition coefficient (Wildman–Crippen LogP) is 3.57. The molecule has 0 amide bonds. The highest BCUT2D eigenvalue weighted by Crippen LogP contribution is 2.29. The molecule has 0 fully saturated rings. The van der Waals surface area contributed by atoms with Crippen LogP contribution in [0.15, 0.2) is 34.1 Å². The van der Waals surface area contributed by atoms with Gasteiger partial charge in [0.05, 0.1) is 16.7 Å². The number of amidine groups is 1. The topological polar surface area (TPSA) is 53.1 Å². The summed E-state index contributed by atoms with van der Waals surface area (Å²) < 4.78 is 14.5. The number of hydrogen-bond donors (Lipinski definition) is 2. The van der Waals surface area contributed by atoms with E-state index in [0.29, 0.717) is 17.8 Å². The zero-order chi connectivity index (χ0) is 14.0. The van der Waals surface area contributed by atoms with E-state index in [0.717, 1.165) is 4.88 Å². The zero-order valence-corrected chi connectivity index (χ0v) is 12.7. The van der Waals surface area contributed by atoms with Crippen LogP contribution in [0.2, 0.25) is 0 Å². The van der Waals surface area contributed by atoms with Crippen LogP contribution in [0, 0.1) is 11.2 Å². The van der Waals surface area contributed by atoms with Crippen molar-refractivity contribution >= 4 is 38.8 Å². The van der Waals surface area contributed by atoms with Crippen molar-refractivity contribution in [1.29, 1.82) is 5.41 Å². The van der Waals surface area contributed by atoms with Gasteiger partial charge < -0.3 is 10.6 Å². The van der Waals surface area contributed by atoms with Gasteiger partial charge in [-0.3, -0.25) is 5.41 Å². The first-order valence-electron chi connectivity index (χ1n) is 5.56. The first-order valence-corrected chi connectivity index (χ1v) is 7.24.